The number of terminal acetylenes is 1. The summed E-state index contributed by atoms with van der Waals surface area (Å²) in [6.07, 6.45) is 6.25. The first-order valence-corrected chi connectivity index (χ1v) is 7.06. The number of hydrogen-bond acceptors (Lipinski definition) is 3. The highest BCUT2D eigenvalue weighted by atomic mass is 19.1. The van der Waals surface area contributed by atoms with Crippen LogP contribution >= 0.6 is 0 Å². The number of hydrogen-bond donors (Lipinski definition) is 3. The van der Waals surface area contributed by atoms with Crippen molar-refractivity contribution >= 4 is 11.7 Å². The van der Waals surface area contributed by atoms with Gasteiger partial charge in [0.25, 0.3) is 0 Å². The summed E-state index contributed by atoms with van der Waals surface area (Å²) in [5.74, 6) is 2.06. The summed E-state index contributed by atoms with van der Waals surface area (Å²) in [4.78, 5) is 12.1. The molecule has 3 N–H and O–H groups in total. The minimum atomic E-state index is -0.711. The fourth-order valence-electron chi connectivity index (χ4n) is 1.93. The van der Waals surface area contributed by atoms with Crippen LogP contribution in [0.4, 0.5) is 14.9 Å². The number of halogens is 1. The molecule has 1 aromatic carbocycles. The van der Waals surface area contributed by atoms with Crippen molar-refractivity contribution in [2.45, 2.75) is 32.2 Å². The summed E-state index contributed by atoms with van der Waals surface area (Å²) in [6, 6.07) is 3.20. The summed E-state index contributed by atoms with van der Waals surface area (Å²) in [5, 5.41) is 14.7. The Bertz CT molecular complexity index is 543. The average molecular weight is 308 g/mol. The van der Waals surface area contributed by atoms with Crippen molar-refractivity contribution in [1.29, 1.82) is 0 Å². The van der Waals surface area contributed by atoms with Gasteiger partial charge in [-0.2, -0.15) is 0 Å². The molecule has 5 nitrogen and oxygen atoms in total. The Morgan fingerprint density at radius 3 is 2.68 bits per heavy atom. The molecule has 0 aliphatic rings. The van der Waals surface area contributed by atoms with E-state index in [0.717, 1.165) is 6.07 Å². The van der Waals surface area contributed by atoms with Gasteiger partial charge in [-0.3, -0.25) is 0 Å². The standard InChI is InChI=1S/C16H21FN2O3/c1-4-9-22-14-8-7-12(17)10-13(14)18-15(21)19-16(5-2,6-3)11-20/h1,7-8,10,20H,5-6,9,11H2,2-3H3,(H2,18,19,21). The van der Waals surface area contributed by atoms with E-state index in [1.54, 1.807) is 0 Å². The summed E-state index contributed by atoms with van der Waals surface area (Å²) >= 11 is 0. The number of anilines is 1. The molecule has 0 atom stereocenters. The van der Waals surface area contributed by atoms with Gasteiger partial charge in [0, 0.05) is 6.07 Å². The summed E-state index contributed by atoms with van der Waals surface area (Å²) in [7, 11) is 0. The largest absolute Gasteiger partial charge is 0.479 e. The lowest BCUT2D eigenvalue weighted by Crippen LogP contribution is -2.52. The Labute approximate surface area is 129 Å². The number of benzene rings is 1. The van der Waals surface area contributed by atoms with Crippen molar-refractivity contribution in [3.05, 3.63) is 24.0 Å². The predicted molar refractivity (Wildman–Crippen MR) is 83.3 cm³/mol. The molecule has 6 heteroatoms. The lowest BCUT2D eigenvalue weighted by molar-refractivity contribution is 0.155. The number of aliphatic hydroxyl groups excluding tert-OH is 1. The second-order valence-corrected chi connectivity index (χ2v) is 4.86. The zero-order chi connectivity index (χ0) is 16.6. The second-order valence-electron chi connectivity index (χ2n) is 4.86. The van der Waals surface area contributed by atoms with E-state index in [1.165, 1.54) is 12.1 Å². The molecule has 2 amide bonds. The van der Waals surface area contributed by atoms with E-state index in [-0.39, 0.29) is 24.7 Å². The van der Waals surface area contributed by atoms with Crippen LogP contribution in [0.25, 0.3) is 0 Å². The molecule has 0 saturated carbocycles. The van der Waals surface area contributed by atoms with Crippen LogP contribution in [0.5, 0.6) is 5.75 Å². The fraction of sp³-hybridized carbons (Fsp3) is 0.438. The first-order chi connectivity index (χ1) is 10.5. The van der Waals surface area contributed by atoms with Gasteiger partial charge in [0.15, 0.2) is 0 Å². The third-order valence-electron chi connectivity index (χ3n) is 3.54. The highest BCUT2D eigenvalue weighted by molar-refractivity contribution is 5.91. The van der Waals surface area contributed by atoms with Crippen LogP contribution in [0.2, 0.25) is 0 Å². The molecule has 0 unspecified atom stereocenters. The molecular weight excluding hydrogens is 287 g/mol. The van der Waals surface area contributed by atoms with Crippen LogP contribution in [0.1, 0.15) is 26.7 Å². The summed E-state index contributed by atoms with van der Waals surface area (Å²) in [6.45, 7) is 3.55. The van der Waals surface area contributed by atoms with Gasteiger partial charge in [-0.05, 0) is 25.0 Å². The van der Waals surface area contributed by atoms with Crippen LogP contribution < -0.4 is 15.4 Å². The molecule has 0 radical (unpaired) electrons. The van der Waals surface area contributed by atoms with E-state index in [1.807, 2.05) is 13.8 Å². The predicted octanol–water partition coefficient (Wildman–Crippen LogP) is 2.51. The lowest BCUT2D eigenvalue weighted by atomic mass is 9.94. The first kappa shape index (κ1) is 17.8. The Kier molecular flexibility index (Phi) is 6.67. The molecule has 0 bridgehead atoms. The SMILES string of the molecule is C#CCOc1ccc(F)cc1NC(=O)NC(CC)(CC)CO. The van der Waals surface area contributed by atoms with Crippen molar-refractivity contribution < 1.29 is 19.0 Å². The Morgan fingerprint density at radius 1 is 1.45 bits per heavy atom. The third-order valence-corrected chi connectivity index (χ3v) is 3.54. The van der Waals surface area contributed by atoms with E-state index in [0.29, 0.717) is 12.8 Å². The molecule has 0 aromatic heterocycles. The number of carbonyl (C=O) groups excluding carboxylic acids is 1. The zero-order valence-electron chi connectivity index (χ0n) is 12.8. The van der Waals surface area contributed by atoms with Gasteiger partial charge < -0.3 is 20.5 Å². The van der Waals surface area contributed by atoms with Gasteiger partial charge >= 0.3 is 6.03 Å². The molecule has 0 fully saturated rings. The Morgan fingerprint density at radius 2 is 2.14 bits per heavy atom. The molecule has 22 heavy (non-hydrogen) atoms. The quantitative estimate of drug-likeness (QED) is 0.678. The van der Waals surface area contributed by atoms with Crippen molar-refractivity contribution in [3.8, 4) is 18.1 Å². The lowest BCUT2D eigenvalue weighted by Gasteiger charge is -2.30. The average Bonchev–Trinajstić information content (AvgIpc) is 2.52. The maximum Gasteiger partial charge on any atom is 0.319 e. The molecule has 120 valence electrons. The van der Waals surface area contributed by atoms with Crippen molar-refractivity contribution in [2.75, 3.05) is 18.5 Å². The minimum absolute atomic E-state index is 0.00638. The third kappa shape index (κ3) is 4.64. The van der Waals surface area contributed by atoms with Crippen LogP contribution in [-0.4, -0.2) is 29.9 Å². The van der Waals surface area contributed by atoms with Crippen LogP contribution in [0.3, 0.4) is 0 Å². The number of nitrogens with one attached hydrogen (secondary N) is 2. The number of urea groups is 1. The van der Waals surface area contributed by atoms with Crippen LogP contribution in [0, 0.1) is 18.2 Å². The number of amides is 2. The number of ether oxygens (including phenoxy) is 1. The van der Waals surface area contributed by atoms with Crippen molar-refractivity contribution in [2.24, 2.45) is 0 Å². The first-order valence-electron chi connectivity index (χ1n) is 7.06. The maximum atomic E-state index is 13.3. The Balaban J connectivity index is 2.87. The number of carbonyl (C=O) groups is 1. The number of rotatable bonds is 7. The van der Waals surface area contributed by atoms with Gasteiger partial charge in [-0.15, -0.1) is 6.42 Å². The summed E-state index contributed by atoms with van der Waals surface area (Å²) < 4.78 is 18.6. The molecule has 0 aliphatic carbocycles. The molecule has 0 heterocycles. The van der Waals surface area contributed by atoms with Crippen LogP contribution in [0.15, 0.2) is 18.2 Å². The minimum Gasteiger partial charge on any atom is -0.479 e. The maximum absolute atomic E-state index is 13.3. The van der Waals surface area contributed by atoms with E-state index < -0.39 is 17.4 Å². The summed E-state index contributed by atoms with van der Waals surface area (Å²) in [5.41, 5.74) is -0.538. The van der Waals surface area contributed by atoms with Crippen molar-refractivity contribution in [3.63, 3.8) is 0 Å². The highest BCUT2D eigenvalue weighted by Gasteiger charge is 2.27. The van der Waals surface area contributed by atoms with E-state index in [2.05, 4.69) is 16.6 Å². The topological polar surface area (TPSA) is 70.6 Å². The van der Waals surface area contributed by atoms with Gasteiger partial charge in [0.2, 0.25) is 0 Å². The normalized spacial score (nSPS) is 10.7. The fourth-order valence-corrected chi connectivity index (χ4v) is 1.93. The molecular formula is C16H21FN2O3. The molecule has 1 rings (SSSR count). The van der Waals surface area contributed by atoms with E-state index in [9.17, 15) is 14.3 Å². The highest BCUT2D eigenvalue weighted by Crippen LogP contribution is 2.25. The van der Waals surface area contributed by atoms with Gasteiger partial charge in [-0.25, -0.2) is 9.18 Å². The molecule has 0 spiro atoms. The second kappa shape index (κ2) is 8.25. The zero-order valence-corrected chi connectivity index (χ0v) is 12.8. The number of aliphatic hydroxyl groups is 1. The Hall–Kier alpha value is -2.26. The molecule has 1 aromatic rings. The smallest absolute Gasteiger partial charge is 0.319 e. The van der Waals surface area contributed by atoms with Crippen LogP contribution in [-0.2, 0) is 0 Å². The van der Waals surface area contributed by atoms with Gasteiger partial charge in [0.1, 0.15) is 18.2 Å². The molecule has 0 aliphatic heterocycles. The van der Waals surface area contributed by atoms with E-state index >= 15 is 0 Å². The molecule has 0 saturated heterocycles. The van der Waals surface area contributed by atoms with Gasteiger partial charge in [0.05, 0.1) is 17.8 Å². The van der Waals surface area contributed by atoms with E-state index in [4.69, 9.17) is 11.2 Å². The van der Waals surface area contributed by atoms with Crippen molar-refractivity contribution in [1.82, 2.24) is 5.32 Å². The monoisotopic (exact) mass is 308 g/mol. The van der Waals surface area contributed by atoms with Gasteiger partial charge in [-0.1, -0.05) is 19.8 Å².